The Morgan fingerprint density at radius 3 is 2.88 bits per heavy atom. The Balaban J connectivity index is 1.62. The molecule has 2 heterocycles. The van der Waals surface area contributed by atoms with Crippen LogP contribution in [0.1, 0.15) is 35.4 Å². The zero-order chi connectivity index (χ0) is 17.3. The summed E-state index contributed by atoms with van der Waals surface area (Å²) in [5.41, 5.74) is 4.99. The number of nitrogens with zero attached hydrogens (tertiary/aromatic N) is 1. The van der Waals surface area contributed by atoms with Crippen molar-refractivity contribution < 1.29 is 4.79 Å². The van der Waals surface area contributed by atoms with E-state index in [1.165, 1.54) is 5.56 Å². The van der Waals surface area contributed by atoms with Crippen molar-refractivity contribution in [1.82, 2.24) is 20.5 Å². The molecule has 1 amide bonds. The highest BCUT2D eigenvalue weighted by atomic mass is 35.5. The number of fused-ring (bicyclic) bond motifs is 1. The monoisotopic (exact) mass is 344 g/mol. The maximum absolute atomic E-state index is 12.4. The van der Waals surface area contributed by atoms with Crippen molar-refractivity contribution in [3.05, 3.63) is 51.9 Å². The number of carbonyl (C=O) groups excluding carboxylic acids is 1. The van der Waals surface area contributed by atoms with Crippen LogP contribution in [0.25, 0.3) is 10.9 Å². The standard InChI is InChI=1S/C18H21ClN4O/c1-10(17-11(2)22-23-12(17)3)18(24)20-7-6-13-9-21-16-8-14(19)4-5-15(13)16/h4-5,8-10,21H,6-7H2,1-3H3,(H,20,24)(H,22,23)/t10-/m1/s1. The first-order valence-corrected chi connectivity index (χ1v) is 8.40. The smallest absolute Gasteiger partial charge is 0.227 e. The van der Waals surface area contributed by atoms with Gasteiger partial charge in [-0.05, 0) is 44.9 Å². The summed E-state index contributed by atoms with van der Waals surface area (Å²) in [6.45, 7) is 6.36. The van der Waals surface area contributed by atoms with Gasteiger partial charge in [0.2, 0.25) is 5.91 Å². The van der Waals surface area contributed by atoms with Crippen molar-refractivity contribution in [2.45, 2.75) is 33.1 Å². The zero-order valence-electron chi connectivity index (χ0n) is 14.0. The third kappa shape index (κ3) is 3.17. The summed E-state index contributed by atoms with van der Waals surface area (Å²) < 4.78 is 0. The molecular weight excluding hydrogens is 324 g/mol. The molecule has 3 N–H and O–H groups in total. The van der Waals surface area contributed by atoms with Gasteiger partial charge in [-0.2, -0.15) is 5.10 Å². The number of aromatic amines is 2. The first-order chi connectivity index (χ1) is 11.5. The lowest BCUT2D eigenvalue weighted by atomic mass is 9.98. The number of benzene rings is 1. The lowest BCUT2D eigenvalue weighted by Crippen LogP contribution is -2.30. The molecule has 0 aliphatic heterocycles. The van der Waals surface area contributed by atoms with Gasteiger partial charge in [0.05, 0.1) is 11.6 Å². The lowest BCUT2D eigenvalue weighted by molar-refractivity contribution is -0.122. The number of hydrogen-bond donors (Lipinski definition) is 3. The van der Waals surface area contributed by atoms with E-state index >= 15 is 0 Å². The quantitative estimate of drug-likeness (QED) is 0.661. The first-order valence-electron chi connectivity index (χ1n) is 8.02. The van der Waals surface area contributed by atoms with Crippen LogP contribution in [0.4, 0.5) is 0 Å². The molecule has 0 spiro atoms. The highest BCUT2D eigenvalue weighted by molar-refractivity contribution is 6.31. The molecule has 1 atom stereocenters. The molecule has 0 saturated carbocycles. The van der Waals surface area contributed by atoms with E-state index in [1.54, 1.807) is 0 Å². The Hall–Kier alpha value is -2.27. The first kappa shape index (κ1) is 16.6. The number of halogens is 1. The van der Waals surface area contributed by atoms with Gasteiger partial charge in [0.15, 0.2) is 0 Å². The maximum atomic E-state index is 12.4. The average Bonchev–Trinajstić information content (AvgIpc) is 3.09. The zero-order valence-corrected chi connectivity index (χ0v) is 14.8. The number of carbonyl (C=O) groups is 1. The van der Waals surface area contributed by atoms with Crippen LogP contribution >= 0.6 is 11.6 Å². The summed E-state index contributed by atoms with van der Waals surface area (Å²) in [7, 11) is 0. The van der Waals surface area contributed by atoms with E-state index in [1.807, 2.05) is 45.2 Å². The highest BCUT2D eigenvalue weighted by Crippen LogP contribution is 2.23. The molecule has 3 aromatic rings. The molecule has 0 fully saturated rings. The topological polar surface area (TPSA) is 73.6 Å². The fourth-order valence-electron chi connectivity index (χ4n) is 3.17. The predicted molar refractivity (Wildman–Crippen MR) is 96.5 cm³/mol. The molecule has 126 valence electrons. The Morgan fingerprint density at radius 1 is 1.38 bits per heavy atom. The minimum Gasteiger partial charge on any atom is -0.361 e. The fourth-order valence-corrected chi connectivity index (χ4v) is 3.34. The lowest BCUT2D eigenvalue weighted by Gasteiger charge is -2.12. The number of amides is 1. The van der Waals surface area contributed by atoms with Crippen LogP contribution in [0.5, 0.6) is 0 Å². The molecular formula is C18H21ClN4O. The van der Waals surface area contributed by atoms with Crippen LogP contribution in [0.15, 0.2) is 24.4 Å². The number of nitrogens with one attached hydrogen (secondary N) is 3. The van der Waals surface area contributed by atoms with Crippen molar-refractivity contribution in [3.63, 3.8) is 0 Å². The molecule has 0 aliphatic rings. The molecule has 3 rings (SSSR count). The molecule has 24 heavy (non-hydrogen) atoms. The summed E-state index contributed by atoms with van der Waals surface area (Å²) >= 11 is 6.00. The third-order valence-electron chi connectivity index (χ3n) is 4.43. The molecule has 0 saturated heterocycles. The van der Waals surface area contributed by atoms with Gasteiger partial charge in [0.1, 0.15) is 0 Å². The van der Waals surface area contributed by atoms with E-state index in [0.717, 1.165) is 34.3 Å². The predicted octanol–water partition coefficient (Wildman–Crippen LogP) is 3.62. The van der Waals surface area contributed by atoms with Crippen molar-refractivity contribution >= 4 is 28.4 Å². The number of aryl methyl sites for hydroxylation is 2. The van der Waals surface area contributed by atoms with Gasteiger partial charge in [-0.25, -0.2) is 0 Å². The minimum absolute atomic E-state index is 0.0190. The van der Waals surface area contributed by atoms with Crippen molar-refractivity contribution in [1.29, 1.82) is 0 Å². The van der Waals surface area contributed by atoms with E-state index in [-0.39, 0.29) is 11.8 Å². The molecule has 0 unspecified atom stereocenters. The molecule has 1 aromatic carbocycles. The summed E-state index contributed by atoms with van der Waals surface area (Å²) in [6.07, 6.45) is 2.74. The SMILES string of the molecule is Cc1n[nH]c(C)c1[C@@H](C)C(=O)NCCc1c[nH]c2cc(Cl)ccc12. The van der Waals surface area contributed by atoms with Gasteiger partial charge in [-0.3, -0.25) is 9.89 Å². The normalized spacial score (nSPS) is 12.5. The maximum Gasteiger partial charge on any atom is 0.227 e. The number of H-pyrrole nitrogens is 2. The molecule has 2 aromatic heterocycles. The molecule has 0 aliphatic carbocycles. The molecule has 0 radical (unpaired) electrons. The fraction of sp³-hybridized carbons (Fsp3) is 0.333. The number of rotatable bonds is 5. The highest BCUT2D eigenvalue weighted by Gasteiger charge is 2.20. The molecule has 5 nitrogen and oxygen atoms in total. The van der Waals surface area contributed by atoms with Gasteiger partial charge in [-0.15, -0.1) is 0 Å². The second kappa shape index (κ2) is 6.69. The average molecular weight is 345 g/mol. The Labute approximate surface area is 145 Å². The largest absolute Gasteiger partial charge is 0.361 e. The number of hydrogen-bond acceptors (Lipinski definition) is 2. The van der Waals surface area contributed by atoms with Crippen molar-refractivity contribution in [3.8, 4) is 0 Å². The second-order valence-corrected chi connectivity index (χ2v) is 6.55. The minimum atomic E-state index is -0.217. The van der Waals surface area contributed by atoms with Crippen LogP contribution in [0.2, 0.25) is 5.02 Å². The Bertz CT molecular complexity index is 861. The number of aromatic nitrogens is 3. The van der Waals surface area contributed by atoms with Crippen molar-refractivity contribution in [2.24, 2.45) is 0 Å². The van der Waals surface area contributed by atoms with Gasteiger partial charge < -0.3 is 10.3 Å². The van der Waals surface area contributed by atoms with Crippen LogP contribution in [0.3, 0.4) is 0 Å². The van der Waals surface area contributed by atoms with E-state index in [9.17, 15) is 4.79 Å². The third-order valence-corrected chi connectivity index (χ3v) is 4.67. The summed E-state index contributed by atoms with van der Waals surface area (Å²) in [4.78, 5) is 15.6. The Kier molecular flexibility index (Phi) is 4.62. The van der Waals surface area contributed by atoms with Crippen LogP contribution in [-0.4, -0.2) is 27.6 Å². The van der Waals surface area contributed by atoms with Gasteiger partial charge in [-0.1, -0.05) is 17.7 Å². The van der Waals surface area contributed by atoms with E-state index in [4.69, 9.17) is 11.6 Å². The summed E-state index contributed by atoms with van der Waals surface area (Å²) in [5, 5.41) is 12.0. The second-order valence-electron chi connectivity index (χ2n) is 6.11. The van der Waals surface area contributed by atoms with Gasteiger partial charge in [0, 0.05) is 39.9 Å². The van der Waals surface area contributed by atoms with E-state index < -0.39 is 0 Å². The van der Waals surface area contributed by atoms with Gasteiger partial charge >= 0.3 is 0 Å². The van der Waals surface area contributed by atoms with Crippen molar-refractivity contribution in [2.75, 3.05) is 6.54 Å². The van der Waals surface area contributed by atoms with Crippen LogP contribution in [0, 0.1) is 13.8 Å². The summed E-state index contributed by atoms with van der Waals surface area (Å²) in [5.74, 6) is -0.198. The summed E-state index contributed by atoms with van der Waals surface area (Å²) in [6, 6.07) is 5.80. The molecule has 0 bridgehead atoms. The van der Waals surface area contributed by atoms with Crippen LogP contribution < -0.4 is 5.32 Å². The van der Waals surface area contributed by atoms with Crippen LogP contribution in [-0.2, 0) is 11.2 Å². The van der Waals surface area contributed by atoms with E-state index in [0.29, 0.717) is 11.6 Å². The van der Waals surface area contributed by atoms with Gasteiger partial charge in [0.25, 0.3) is 0 Å². The molecule has 6 heteroatoms. The Morgan fingerprint density at radius 2 is 2.17 bits per heavy atom. The van der Waals surface area contributed by atoms with E-state index in [2.05, 4.69) is 20.5 Å².